The largest absolute Gasteiger partial charge is 0.360 e. The number of sulfonamides is 1. The molecule has 0 radical (unpaired) electrons. The van der Waals surface area contributed by atoms with Gasteiger partial charge in [0, 0.05) is 13.1 Å². The van der Waals surface area contributed by atoms with E-state index in [-0.39, 0.29) is 4.90 Å². The van der Waals surface area contributed by atoms with E-state index in [1.807, 2.05) is 0 Å². The normalized spacial score (nSPS) is 21.2. The van der Waals surface area contributed by atoms with Crippen molar-refractivity contribution in [3.05, 3.63) is 11.5 Å². The van der Waals surface area contributed by atoms with E-state index in [1.165, 1.54) is 0 Å². The molecular weight excluding hydrogens is 278 g/mol. The molecule has 1 aliphatic heterocycles. The smallest absolute Gasteiger partial charge is 0.248 e. The summed E-state index contributed by atoms with van der Waals surface area (Å²) < 4.78 is 32.0. The van der Waals surface area contributed by atoms with Crippen LogP contribution in [0.15, 0.2) is 9.42 Å². The lowest BCUT2D eigenvalue weighted by Gasteiger charge is -2.31. The lowest BCUT2D eigenvalue weighted by atomic mass is 10.00. The van der Waals surface area contributed by atoms with Crippen LogP contribution < -0.4 is 5.32 Å². The van der Waals surface area contributed by atoms with Crippen molar-refractivity contribution in [3.63, 3.8) is 0 Å². The molecule has 1 atom stereocenters. The van der Waals surface area contributed by atoms with Crippen molar-refractivity contribution in [3.8, 4) is 0 Å². The zero-order chi connectivity index (χ0) is 14.8. The number of rotatable bonds is 5. The zero-order valence-corrected chi connectivity index (χ0v) is 13.2. The molecule has 7 heteroatoms. The van der Waals surface area contributed by atoms with Gasteiger partial charge in [-0.25, -0.2) is 8.42 Å². The third-order valence-electron chi connectivity index (χ3n) is 3.73. The van der Waals surface area contributed by atoms with Crippen LogP contribution in [0.1, 0.15) is 31.2 Å². The highest BCUT2D eigenvalue weighted by atomic mass is 32.2. The van der Waals surface area contributed by atoms with Crippen LogP contribution in [0.4, 0.5) is 0 Å². The van der Waals surface area contributed by atoms with Crippen LogP contribution in [-0.4, -0.2) is 44.1 Å². The summed E-state index contributed by atoms with van der Waals surface area (Å²) in [6.45, 7) is 8.29. The summed E-state index contributed by atoms with van der Waals surface area (Å²) in [5.41, 5.74) is 0.441. The van der Waals surface area contributed by atoms with Crippen molar-refractivity contribution >= 4 is 10.0 Å². The van der Waals surface area contributed by atoms with Crippen LogP contribution >= 0.6 is 0 Å². The molecule has 0 aliphatic carbocycles. The van der Waals surface area contributed by atoms with Crippen molar-refractivity contribution in [2.75, 3.05) is 26.2 Å². The molecule has 1 aromatic rings. The number of hydrogen-bond acceptors (Lipinski definition) is 5. The summed E-state index contributed by atoms with van der Waals surface area (Å²) in [5.74, 6) is 0.746. The minimum absolute atomic E-state index is 0.238. The fraction of sp³-hybridized carbons (Fsp3) is 0.769. The molecule has 114 valence electrons. The Kier molecular flexibility index (Phi) is 4.82. The number of nitrogens with one attached hydrogen (secondary N) is 1. The highest BCUT2D eigenvalue weighted by molar-refractivity contribution is 7.89. The fourth-order valence-electron chi connectivity index (χ4n) is 2.73. The summed E-state index contributed by atoms with van der Waals surface area (Å²) in [6.07, 6.45) is 1.97. The van der Waals surface area contributed by atoms with Gasteiger partial charge in [-0.1, -0.05) is 12.1 Å². The molecule has 1 saturated heterocycles. The van der Waals surface area contributed by atoms with Gasteiger partial charge in [0.05, 0.1) is 0 Å². The topological polar surface area (TPSA) is 75.4 Å². The van der Waals surface area contributed by atoms with Gasteiger partial charge >= 0.3 is 0 Å². The van der Waals surface area contributed by atoms with Gasteiger partial charge in [-0.2, -0.15) is 4.31 Å². The molecule has 1 unspecified atom stereocenters. The third-order valence-corrected chi connectivity index (χ3v) is 5.84. The molecule has 1 aliphatic rings. The van der Waals surface area contributed by atoms with Crippen LogP contribution in [0.5, 0.6) is 0 Å². The molecular formula is C13H23N3O3S. The van der Waals surface area contributed by atoms with Crippen molar-refractivity contribution in [2.45, 2.75) is 38.5 Å². The Labute approximate surface area is 120 Å². The predicted molar refractivity (Wildman–Crippen MR) is 76.0 cm³/mol. The molecule has 0 bridgehead atoms. The molecule has 0 saturated carbocycles. The molecule has 1 N–H and O–H groups in total. The first-order valence-corrected chi connectivity index (χ1v) is 8.54. The third kappa shape index (κ3) is 3.05. The summed E-state index contributed by atoms with van der Waals surface area (Å²) in [7, 11) is -3.49. The van der Waals surface area contributed by atoms with E-state index >= 15 is 0 Å². The minimum atomic E-state index is -3.49. The quantitative estimate of drug-likeness (QED) is 0.887. The van der Waals surface area contributed by atoms with Gasteiger partial charge in [0.15, 0.2) is 5.76 Å². The lowest BCUT2D eigenvalue weighted by molar-refractivity contribution is 0.261. The molecule has 6 nitrogen and oxygen atoms in total. The fourth-order valence-corrected chi connectivity index (χ4v) is 4.58. The predicted octanol–water partition coefficient (Wildman–Crippen LogP) is 1.30. The van der Waals surface area contributed by atoms with Gasteiger partial charge in [0.25, 0.3) is 0 Å². The average molecular weight is 301 g/mol. The molecule has 0 spiro atoms. The Hall–Kier alpha value is -0.920. The first-order chi connectivity index (χ1) is 9.46. The highest BCUT2D eigenvalue weighted by Gasteiger charge is 2.34. The number of hydrogen-bond donors (Lipinski definition) is 1. The molecule has 1 aromatic heterocycles. The Balaban J connectivity index is 2.17. The van der Waals surface area contributed by atoms with Crippen molar-refractivity contribution in [1.82, 2.24) is 14.8 Å². The van der Waals surface area contributed by atoms with Crippen LogP contribution in [0.2, 0.25) is 0 Å². The van der Waals surface area contributed by atoms with Gasteiger partial charge < -0.3 is 9.84 Å². The Morgan fingerprint density at radius 3 is 2.80 bits per heavy atom. The van der Waals surface area contributed by atoms with Gasteiger partial charge in [0.1, 0.15) is 10.6 Å². The van der Waals surface area contributed by atoms with Crippen molar-refractivity contribution in [1.29, 1.82) is 0 Å². The Bertz CT molecular complexity index is 534. The number of piperidine rings is 1. The van der Waals surface area contributed by atoms with E-state index < -0.39 is 10.0 Å². The first kappa shape index (κ1) is 15.5. The van der Waals surface area contributed by atoms with E-state index in [1.54, 1.807) is 18.2 Å². The van der Waals surface area contributed by atoms with E-state index in [9.17, 15) is 8.42 Å². The molecule has 20 heavy (non-hydrogen) atoms. The standard InChI is InChI=1S/C13H23N3O3S/c1-4-14-8-12-6-5-7-16(9-12)20(17,18)13-10(2)15-19-11(13)3/h12,14H,4-9H2,1-3H3. The van der Waals surface area contributed by atoms with Crippen LogP contribution in [0.25, 0.3) is 0 Å². The SMILES string of the molecule is CCNCC1CCCN(S(=O)(=O)c2c(C)noc2C)C1. The van der Waals surface area contributed by atoms with E-state index in [2.05, 4.69) is 17.4 Å². The Morgan fingerprint density at radius 2 is 2.20 bits per heavy atom. The van der Waals surface area contributed by atoms with Crippen molar-refractivity contribution in [2.24, 2.45) is 5.92 Å². The van der Waals surface area contributed by atoms with Gasteiger partial charge in [-0.3, -0.25) is 0 Å². The lowest BCUT2D eigenvalue weighted by Crippen LogP contribution is -2.43. The van der Waals surface area contributed by atoms with E-state index in [0.29, 0.717) is 30.5 Å². The number of aryl methyl sites for hydroxylation is 2. The van der Waals surface area contributed by atoms with E-state index in [0.717, 1.165) is 25.9 Å². The number of aromatic nitrogens is 1. The maximum absolute atomic E-state index is 12.7. The second-order valence-electron chi connectivity index (χ2n) is 5.33. The minimum Gasteiger partial charge on any atom is -0.360 e. The summed E-state index contributed by atoms with van der Waals surface area (Å²) in [5, 5.41) is 7.05. The Morgan fingerprint density at radius 1 is 1.45 bits per heavy atom. The molecule has 2 rings (SSSR count). The monoisotopic (exact) mass is 301 g/mol. The summed E-state index contributed by atoms with van der Waals surface area (Å²) in [4.78, 5) is 0.238. The molecule has 0 amide bonds. The molecule has 2 heterocycles. The average Bonchev–Trinajstić information content (AvgIpc) is 2.76. The first-order valence-electron chi connectivity index (χ1n) is 7.10. The van der Waals surface area contributed by atoms with Gasteiger partial charge in [-0.15, -0.1) is 0 Å². The second kappa shape index (κ2) is 6.24. The van der Waals surface area contributed by atoms with Gasteiger partial charge in [-0.05, 0) is 45.7 Å². The highest BCUT2D eigenvalue weighted by Crippen LogP contribution is 2.27. The number of nitrogens with zero attached hydrogens (tertiary/aromatic N) is 2. The zero-order valence-electron chi connectivity index (χ0n) is 12.3. The van der Waals surface area contributed by atoms with Crippen molar-refractivity contribution < 1.29 is 12.9 Å². The van der Waals surface area contributed by atoms with Crippen LogP contribution in [0.3, 0.4) is 0 Å². The molecule has 1 fully saturated rings. The second-order valence-corrected chi connectivity index (χ2v) is 7.21. The van der Waals surface area contributed by atoms with Crippen LogP contribution in [0, 0.1) is 19.8 Å². The summed E-state index contributed by atoms with van der Waals surface area (Å²) in [6, 6.07) is 0. The van der Waals surface area contributed by atoms with Crippen LogP contribution in [-0.2, 0) is 10.0 Å². The van der Waals surface area contributed by atoms with E-state index in [4.69, 9.17) is 4.52 Å². The molecule has 0 aromatic carbocycles. The maximum atomic E-state index is 12.7. The van der Waals surface area contributed by atoms with Gasteiger partial charge in [0.2, 0.25) is 10.0 Å². The summed E-state index contributed by atoms with van der Waals surface area (Å²) >= 11 is 0. The maximum Gasteiger partial charge on any atom is 0.248 e.